The Hall–Kier alpha value is -1.84. The van der Waals surface area contributed by atoms with Crippen LogP contribution in [0.2, 0.25) is 0 Å². The lowest BCUT2D eigenvalue weighted by Crippen LogP contribution is -2.39. The first-order valence-corrected chi connectivity index (χ1v) is 4.81. The molecule has 1 aliphatic heterocycles. The van der Waals surface area contributed by atoms with Crippen LogP contribution in [0.4, 0.5) is 4.79 Å². The zero-order valence-electron chi connectivity index (χ0n) is 7.95. The minimum absolute atomic E-state index is 0.316. The second-order valence-electron chi connectivity index (χ2n) is 3.96. The molecule has 1 saturated heterocycles. The predicted molar refractivity (Wildman–Crippen MR) is 51.2 cm³/mol. The summed E-state index contributed by atoms with van der Waals surface area (Å²) in [5.41, 5.74) is 1.20. The maximum absolute atomic E-state index is 11.6. The van der Waals surface area contributed by atoms with Crippen LogP contribution in [0, 0.1) is 0 Å². The first-order chi connectivity index (χ1) is 7.20. The molecule has 1 N–H and O–H groups in total. The van der Waals surface area contributed by atoms with Crippen molar-refractivity contribution >= 4 is 12.0 Å². The van der Waals surface area contributed by atoms with Gasteiger partial charge in [0.15, 0.2) is 0 Å². The summed E-state index contributed by atoms with van der Waals surface area (Å²) in [4.78, 5) is 22.6. The SMILES string of the molecule is O=C1NC(=O)C2(Cc3ccccc3C2)O1. The second kappa shape index (κ2) is 2.59. The Bertz CT molecular complexity index is 442. The van der Waals surface area contributed by atoms with E-state index >= 15 is 0 Å². The standard InChI is InChI=1S/C11H9NO3/c13-9-11(15-10(14)12-9)5-7-3-1-2-4-8(7)6-11/h1-4H,5-6H2,(H,12,13,14). The molecule has 1 aromatic carbocycles. The Kier molecular flexibility index (Phi) is 1.46. The van der Waals surface area contributed by atoms with Crippen molar-refractivity contribution in [3.8, 4) is 0 Å². The van der Waals surface area contributed by atoms with Gasteiger partial charge in [0.25, 0.3) is 5.91 Å². The van der Waals surface area contributed by atoms with Gasteiger partial charge in [0.1, 0.15) is 0 Å². The van der Waals surface area contributed by atoms with Gasteiger partial charge in [0, 0.05) is 12.8 Å². The van der Waals surface area contributed by atoms with Crippen molar-refractivity contribution in [3.63, 3.8) is 0 Å². The molecule has 0 unspecified atom stereocenters. The summed E-state index contributed by atoms with van der Waals surface area (Å²) in [6, 6.07) is 7.77. The van der Waals surface area contributed by atoms with Gasteiger partial charge in [0.2, 0.25) is 5.60 Å². The number of alkyl carbamates (subject to hydrolysis) is 1. The van der Waals surface area contributed by atoms with Crippen molar-refractivity contribution in [1.29, 1.82) is 0 Å². The van der Waals surface area contributed by atoms with Crippen LogP contribution in [-0.4, -0.2) is 17.6 Å². The van der Waals surface area contributed by atoms with E-state index in [1.807, 2.05) is 24.3 Å². The lowest BCUT2D eigenvalue weighted by molar-refractivity contribution is -0.130. The summed E-state index contributed by atoms with van der Waals surface area (Å²) in [5, 5.41) is 2.18. The topological polar surface area (TPSA) is 55.4 Å². The number of benzene rings is 1. The number of rotatable bonds is 0. The Balaban J connectivity index is 2.01. The van der Waals surface area contributed by atoms with Crippen LogP contribution in [-0.2, 0) is 22.4 Å². The van der Waals surface area contributed by atoms with Crippen molar-refractivity contribution in [2.24, 2.45) is 0 Å². The Labute approximate surface area is 86.2 Å². The van der Waals surface area contributed by atoms with E-state index in [-0.39, 0.29) is 5.91 Å². The third kappa shape index (κ3) is 1.08. The molecule has 4 heteroatoms. The van der Waals surface area contributed by atoms with Gasteiger partial charge in [-0.15, -0.1) is 0 Å². The molecule has 0 radical (unpaired) electrons. The van der Waals surface area contributed by atoms with Gasteiger partial charge in [-0.1, -0.05) is 24.3 Å². The number of carbonyl (C=O) groups is 2. The molecule has 76 valence electrons. The van der Waals surface area contributed by atoms with Gasteiger partial charge < -0.3 is 4.74 Å². The fourth-order valence-electron chi connectivity index (χ4n) is 2.27. The summed E-state index contributed by atoms with van der Waals surface area (Å²) >= 11 is 0. The minimum Gasteiger partial charge on any atom is -0.432 e. The highest BCUT2D eigenvalue weighted by Gasteiger charge is 2.52. The number of carbonyl (C=O) groups excluding carboxylic acids is 2. The number of fused-ring (bicyclic) bond motifs is 1. The van der Waals surface area contributed by atoms with Crippen LogP contribution >= 0.6 is 0 Å². The molecular weight excluding hydrogens is 194 g/mol. The lowest BCUT2D eigenvalue weighted by atomic mass is 10.0. The van der Waals surface area contributed by atoms with E-state index in [0.717, 1.165) is 11.1 Å². The van der Waals surface area contributed by atoms with Gasteiger partial charge in [-0.2, -0.15) is 0 Å². The molecule has 2 aliphatic rings. The molecule has 1 aliphatic carbocycles. The smallest absolute Gasteiger partial charge is 0.415 e. The zero-order valence-corrected chi connectivity index (χ0v) is 7.95. The van der Waals surface area contributed by atoms with Crippen LogP contribution < -0.4 is 5.32 Å². The summed E-state index contributed by atoms with van der Waals surface area (Å²) in [5.74, 6) is -0.316. The molecule has 1 aromatic rings. The van der Waals surface area contributed by atoms with Gasteiger partial charge in [-0.05, 0) is 11.1 Å². The number of amides is 2. The van der Waals surface area contributed by atoms with Gasteiger partial charge in [-0.25, -0.2) is 4.79 Å². The second-order valence-corrected chi connectivity index (χ2v) is 3.96. The largest absolute Gasteiger partial charge is 0.432 e. The summed E-state index contributed by atoms with van der Waals surface area (Å²) < 4.78 is 5.10. The molecular formula is C11H9NO3. The number of imide groups is 1. The maximum atomic E-state index is 11.6. The van der Waals surface area contributed by atoms with E-state index in [4.69, 9.17) is 4.74 Å². The predicted octanol–water partition coefficient (Wildman–Crippen LogP) is 0.790. The van der Waals surface area contributed by atoms with Crippen LogP contribution in [0.1, 0.15) is 11.1 Å². The van der Waals surface area contributed by atoms with E-state index in [0.29, 0.717) is 12.8 Å². The molecule has 0 atom stereocenters. The van der Waals surface area contributed by atoms with Crippen LogP contribution in [0.15, 0.2) is 24.3 Å². The van der Waals surface area contributed by atoms with E-state index < -0.39 is 11.7 Å². The minimum atomic E-state index is -0.971. The molecule has 2 amide bonds. The van der Waals surface area contributed by atoms with Crippen molar-refractivity contribution in [2.45, 2.75) is 18.4 Å². The molecule has 1 heterocycles. The monoisotopic (exact) mass is 203 g/mol. The number of ether oxygens (including phenoxy) is 1. The maximum Gasteiger partial charge on any atom is 0.415 e. The number of hydrogen-bond acceptors (Lipinski definition) is 3. The third-order valence-electron chi connectivity index (χ3n) is 2.99. The fraction of sp³-hybridized carbons (Fsp3) is 0.273. The van der Waals surface area contributed by atoms with Gasteiger partial charge in [-0.3, -0.25) is 10.1 Å². The molecule has 0 bridgehead atoms. The third-order valence-corrected chi connectivity index (χ3v) is 2.99. The highest BCUT2D eigenvalue weighted by molar-refractivity contribution is 6.03. The quantitative estimate of drug-likeness (QED) is 0.678. The normalized spacial score (nSPS) is 21.3. The molecule has 3 rings (SSSR count). The van der Waals surface area contributed by atoms with E-state index in [9.17, 15) is 9.59 Å². The van der Waals surface area contributed by atoms with Crippen LogP contribution in [0.25, 0.3) is 0 Å². The van der Waals surface area contributed by atoms with E-state index in [2.05, 4.69) is 5.32 Å². The molecule has 1 fully saturated rings. The average molecular weight is 203 g/mol. The molecule has 1 spiro atoms. The summed E-state index contributed by atoms with van der Waals surface area (Å²) in [6.07, 6.45) is 0.342. The van der Waals surface area contributed by atoms with E-state index in [1.54, 1.807) is 0 Å². The Morgan fingerprint density at radius 2 is 1.73 bits per heavy atom. The first-order valence-electron chi connectivity index (χ1n) is 4.81. The summed E-state index contributed by atoms with van der Waals surface area (Å²) in [6.45, 7) is 0. The highest BCUT2D eigenvalue weighted by atomic mass is 16.6. The lowest BCUT2D eigenvalue weighted by Gasteiger charge is -2.16. The van der Waals surface area contributed by atoms with Crippen LogP contribution in [0.3, 0.4) is 0 Å². The molecule has 0 aromatic heterocycles. The van der Waals surface area contributed by atoms with Gasteiger partial charge in [0.05, 0.1) is 0 Å². The van der Waals surface area contributed by atoms with Crippen molar-refractivity contribution in [2.75, 3.05) is 0 Å². The number of nitrogens with one attached hydrogen (secondary N) is 1. The average Bonchev–Trinajstić information content (AvgIpc) is 2.67. The number of hydrogen-bond donors (Lipinski definition) is 1. The molecule has 15 heavy (non-hydrogen) atoms. The highest BCUT2D eigenvalue weighted by Crippen LogP contribution is 2.35. The van der Waals surface area contributed by atoms with Crippen LogP contribution in [0.5, 0.6) is 0 Å². The van der Waals surface area contributed by atoms with Gasteiger partial charge >= 0.3 is 6.09 Å². The Morgan fingerprint density at radius 3 is 2.20 bits per heavy atom. The fourth-order valence-corrected chi connectivity index (χ4v) is 2.27. The van der Waals surface area contributed by atoms with Crippen molar-refractivity contribution < 1.29 is 14.3 Å². The van der Waals surface area contributed by atoms with E-state index in [1.165, 1.54) is 0 Å². The molecule has 0 saturated carbocycles. The van der Waals surface area contributed by atoms with Crippen molar-refractivity contribution in [1.82, 2.24) is 5.32 Å². The molecule has 4 nitrogen and oxygen atoms in total. The first kappa shape index (κ1) is 8.47. The Morgan fingerprint density at radius 1 is 1.13 bits per heavy atom. The summed E-state index contributed by atoms with van der Waals surface area (Å²) in [7, 11) is 0. The van der Waals surface area contributed by atoms with Crippen molar-refractivity contribution in [3.05, 3.63) is 35.4 Å². The zero-order chi connectivity index (χ0) is 10.5.